The van der Waals surface area contributed by atoms with Gasteiger partial charge in [-0.1, -0.05) is 11.8 Å². The molecule has 0 saturated carbocycles. The number of nitrogens with one attached hydrogen (secondary N) is 1. The van der Waals surface area contributed by atoms with Gasteiger partial charge in [-0.05, 0) is 19.5 Å². The minimum atomic E-state index is -0.471. The third-order valence-corrected chi connectivity index (χ3v) is 2.56. The second kappa shape index (κ2) is 3.66. The third kappa shape index (κ3) is 2.38. The topological polar surface area (TPSA) is 61.5 Å². The van der Waals surface area contributed by atoms with Crippen LogP contribution in [0.5, 0.6) is 0 Å². The number of likely N-dealkylation sites (N-methyl/N-ethyl adjacent to an activating group) is 1. The first-order valence-corrected chi connectivity index (χ1v) is 4.63. The Morgan fingerprint density at radius 1 is 1.75 bits per heavy atom. The summed E-state index contributed by atoms with van der Waals surface area (Å²) in [5.41, 5.74) is 6.77. The summed E-state index contributed by atoms with van der Waals surface area (Å²) in [7, 11) is 3.93. The van der Waals surface area contributed by atoms with Gasteiger partial charge in [0.25, 0.3) is 0 Å². The van der Waals surface area contributed by atoms with Crippen LogP contribution < -0.4 is 11.1 Å². The molecule has 1 atom stereocenters. The molecule has 70 valence electrons. The zero-order valence-corrected chi connectivity index (χ0v) is 8.19. The fourth-order valence-corrected chi connectivity index (χ4v) is 2.14. The molecule has 0 saturated heterocycles. The van der Waals surface area contributed by atoms with E-state index in [1.54, 1.807) is 0 Å². The van der Waals surface area contributed by atoms with Crippen LogP contribution in [0.4, 0.5) is 0 Å². The number of hydrogen-bond acceptors (Lipinski definition) is 5. The van der Waals surface area contributed by atoms with Crippen molar-refractivity contribution in [2.24, 2.45) is 5.73 Å². The molecule has 1 rings (SSSR count). The summed E-state index contributed by atoms with van der Waals surface area (Å²) in [6, 6.07) is 0. The summed E-state index contributed by atoms with van der Waals surface area (Å²) < 4.78 is 0. The lowest BCUT2D eigenvalue weighted by molar-refractivity contribution is 0.296. The lowest BCUT2D eigenvalue weighted by Gasteiger charge is -2.28. The number of hydrogen-bond donors (Lipinski definition) is 3. The Balaban J connectivity index is 2.46. The molecule has 0 aromatic carbocycles. The zero-order valence-electron chi connectivity index (χ0n) is 7.37. The van der Waals surface area contributed by atoms with E-state index in [2.05, 4.69) is 5.32 Å². The Morgan fingerprint density at radius 2 is 2.42 bits per heavy atom. The van der Waals surface area contributed by atoms with Gasteiger partial charge in [0.2, 0.25) is 0 Å². The van der Waals surface area contributed by atoms with E-state index in [1.807, 2.05) is 24.4 Å². The lowest BCUT2D eigenvalue weighted by atomic mass is 10.4. The Bertz CT molecular complexity index is 195. The number of nitrogens with zero attached hydrogens (tertiary/aromatic N) is 1. The summed E-state index contributed by atoms with van der Waals surface area (Å²) in [5, 5.41) is 13.7. The predicted octanol–water partition coefficient (Wildman–Crippen LogP) is -0.669. The van der Waals surface area contributed by atoms with E-state index in [1.165, 1.54) is 11.8 Å². The van der Waals surface area contributed by atoms with Gasteiger partial charge in [-0.2, -0.15) is 0 Å². The predicted molar refractivity (Wildman–Crippen MR) is 51.4 cm³/mol. The van der Waals surface area contributed by atoms with Crippen LogP contribution in [0, 0.1) is 0 Å². The summed E-state index contributed by atoms with van der Waals surface area (Å²) in [6.07, 6.45) is 0. The Hall–Kier alpha value is -0.230. The van der Waals surface area contributed by atoms with Crippen molar-refractivity contribution in [1.82, 2.24) is 10.2 Å². The van der Waals surface area contributed by atoms with E-state index in [9.17, 15) is 0 Å². The van der Waals surface area contributed by atoms with Crippen molar-refractivity contribution in [3.63, 3.8) is 0 Å². The molecular formula is C7H15N3OS. The van der Waals surface area contributed by atoms with Crippen molar-refractivity contribution in [1.29, 1.82) is 0 Å². The molecule has 0 aromatic rings. The first kappa shape index (κ1) is 9.85. The van der Waals surface area contributed by atoms with Crippen LogP contribution >= 0.6 is 11.8 Å². The first-order chi connectivity index (χ1) is 5.56. The second-order valence-corrected chi connectivity index (χ2v) is 4.37. The molecular weight excluding hydrogens is 174 g/mol. The minimum Gasteiger partial charge on any atom is -0.390 e. The Kier molecular flexibility index (Phi) is 3.00. The van der Waals surface area contributed by atoms with Gasteiger partial charge in [-0.15, -0.1) is 0 Å². The van der Waals surface area contributed by atoms with Gasteiger partial charge in [0.1, 0.15) is 0 Å². The fourth-order valence-electron chi connectivity index (χ4n) is 1.13. The average Bonchev–Trinajstić information content (AvgIpc) is 2.30. The summed E-state index contributed by atoms with van der Waals surface area (Å²) in [6.45, 7) is 0.761. The maximum Gasteiger partial charge on any atom is 0.151 e. The molecule has 0 radical (unpaired) electrons. The molecule has 4 N–H and O–H groups in total. The molecule has 12 heavy (non-hydrogen) atoms. The van der Waals surface area contributed by atoms with Gasteiger partial charge in [-0.25, -0.2) is 0 Å². The van der Waals surface area contributed by atoms with Gasteiger partial charge in [0.15, 0.2) is 4.99 Å². The van der Waals surface area contributed by atoms with E-state index in [4.69, 9.17) is 10.8 Å². The molecule has 0 bridgehead atoms. The van der Waals surface area contributed by atoms with E-state index >= 15 is 0 Å². The van der Waals surface area contributed by atoms with Crippen LogP contribution in [0.3, 0.4) is 0 Å². The molecule has 0 aliphatic carbocycles. The standard InChI is InChI=1S/C7H15N3OS/c1-10(2)5-7(8)9-6(3-11)4-12-7/h4,9,11H,3,5,8H2,1-2H3. The van der Waals surface area contributed by atoms with Crippen molar-refractivity contribution < 1.29 is 5.11 Å². The third-order valence-electron chi connectivity index (χ3n) is 1.51. The van der Waals surface area contributed by atoms with Crippen LogP contribution in [-0.2, 0) is 0 Å². The smallest absolute Gasteiger partial charge is 0.151 e. The van der Waals surface area contributed by atoms with E-state index < -0.39 is 4.99 Å². The van der Waals surface area contributed by atoms with Crippen LogP contribution in [0.2, 0.25) is 0 Å². The largest absolute Gasteiger partial charge is 0.390 e. The quantitative estimate of drug-likeness (QED) is 0.550. The van der Waals surface area contributed by atoms with E-state index in [0.29, 0.717) is 0 Å². The second-order valence-electron chi connectivity index (χ2n) is 3.17. The molecule has 1 heterocycles. The van der Waals surface area contributed by atoms with Crippen molar-refractivity contribution in [2.45, 2.75) is 4.99 Å². The molecule has 5 heteroatoms. The number of aliphatic hydroxyl groups is 1. The van der Waals surface area contributed by atoms with Crippen LogP contribution in [0.15, 0.2) is 11.1 Å². The summed E-state index contributed by atoms with van der Waals surface area (Å²) in [5.74, 6) is 0. The van der Waals surface area contributed by atoms with Crippen LogP contribution in [0.25, 0.3) is 0 Å². The van der Waals surface area contributed by atoms with E-state index in [-0.39, 0.29) is 6.61 Å². The van der Waals surface area contributed by atoms with Crippen LogP contribution in [0.1, 0.15) is 0 Å². The van der Waals surface area contributed by atoms with Crippen LogP contribution in [-0.4, -0.2) is 42.2 Å². The van der Waals surface area contributed by atoms with E-state index in [0.717, 1.165) is 12.2 Å². The number of rotatable bonds is 3. The molecule has 0 amide bonds. The van der Waals surface area contributed by atoms with Gasteiger partial charge in [0, 0.05) is 12.2 Å². The number of aliphatic hydroxyl groups excluding tert-OH is 1. The van der Waals surface area contributed by atoms with Crippen molar-refractivity contribution in [3.8, 4) is 0 Å². The van der Waals surface area contributed by atoms with Crippen molar-refractivity contribution in [3.05, 3.63) is 11.1 Å². The molecule has 0 fully saturated rings. The molecule has 1 unspecified atom stereocenters. The molecule has 0 aromatic heterocycles. The maximum absolute atomic E-state index is 8.82. The molecule has 1 aliphatic heterocycles. The van der Waals surface area contributed by atoms with Crippen molar-refractivity contribution in [2.75, 3.05) is 27.2 Å². The Morgan fingerprint density at radius 3 is 2.83 bits per heavy atom. The molecule has 0 spiro atoms. The fraction of sp³-hybridized carbons (Fsp3) is 0.714. The lowest BCUT2D eigenvalue weighted by Crippen LogP contribution is -2.54. The number of thioether (sulfide) groups is 1. The maximum atomic E-state index is 8.82. The Labute approximate surface area is 76.8 Å². The average molecular weight is 189 g/mol. The van der Waals surface area contributed by atoms with Gasteiger partial charge >= 0.3 is 0 Å². The SMILES string of the molecule is CN(C)CC1(N)NC(CO)=CS1. The summed E-state index contributed by atoms with van der Waals surface area (Å²) in [4.78, 5) is 1.54. The number of nitrogens with two attached hydrogens (primary N) is 1. The van der Waals surface area contributed by atoms with Crippen molar-refractivity contribution >= 4 is 11.8 Å². The summed E-state index contributed by atoms with van der Waals surface area (Å²) >= 11 is 1.51. The van der Waals surface area contributed by atoms with Gasteiger partial charge < -0.3 is 15.3 Å². The highest BCUT2D eigenvalue weighted by Gasteiger charge is 2.30. The first-order valence-electron chi connectivity index (χ1n) is 3.75. The highest BCUT2D eigenvalue weighted by atomic mass is 32.2. The van der Waals surface area contributed by atoms with Gasteiger partial charge in [0.05, 0.1) is 6.61 Å². The minimum absolute atomic E-state index is 0.0272. The molecule has 4 nitrogen and oxygen atoms in total. The van der Waals surface area contributed by atoms with Gasteiger partial charge in [-0.3, -0.25) is 5.73 Å². The molecule has 1 aliphatic rings. The monoisotopic (exact) mass is 189 g/mol. The normalized spacial score (nSPS) is 28.9. The zero-order chi connectivity index (χ0) is 9.19. The highest BCUT2D eigenvalue weighted by molar-refractivity contribution is 8.03. The highest BCUT2D eigenvalue weighted by Crippen LogP contribution is 2.27.